The van der Waals surface area contributed by atoms with Crippen molar-refractivity contribution in [3.05, 3.63) is 36.1 Å². The minimum absolute atomic E-state index is 0.229. The first-order chi connectivity index (χ1) is 9.82. The van der Waals surface area contributed by atoms with Crippen LogP contribution in [0.4, 0.5) is 4.79 Å². The number of hydrogen-bond acceptors (Lipinski definition) is 3. The number of hydrogen-bond donors (Lipinski definition) is 1. The molecule has 0 unspecified atom stereocenters. The molecule has 0 aliphatic carbocycles. The van der Waals surface area contributed by atoms with Gasteiger partial charge in [-0.1, -0.05) is 25.7 Å². The van der Waals surface area contributed by atoms with Gasteiger partial charge < -0.3 is 15.0 Å². The van der Waals surface area contributed by atoms with E-state index in [1.807, 2.05) is 46.2 Å². The molecule has 1 aliphatic rings. The first-order valence-electron chi connectivity index (χ1n) is 7.49. The van der Waals surface area contributed by atoms with Crippen molar-refractivity contribution in [2.75, 3.05) is 20.1 Å². The average Bonchev–Trinajstić information content (AvgIpc) is 2.31. The van der Waals surface area contributed by atoms with Gasteiger partial charge in [-0.3, -0.25) is 0 Å². The summed E-state index contributed by atoms with van der Waals surface area (Å²) in [6.45, 7) is 13.0. The fourth-order valence-electron chi connectivity index (χ4n) is 2.35. The Hall–Kier alpha value is -1.71. The van der Waals surface area contributed by atoms with E-state index in [9.17, 15) is 4.79 Å². The van der Waals surface area contributed by atoms with Crippen molar-refractivity contribution in [1.29, 1.82) is 0 Å². The smallest absolute Gasteiger partial charge is 0.410 e. The van der Waals surface area contributed by atoms with Crippen LogP contribution in [0, 0.1) is 5.92 Å². The van der Waals surface area contributed by atoms with Crippen molar-refractivity contribution >= 4 is 6.09 Å². The van der Waals surface area contributed by atoms with E-state index in [0.717, 1.165) is 6.42 Å². The summed E-state index contributed by atoms with van der Waals surface area (Å²) in [4.78, 5) is 13.7. The predicted molar refractivity (Wildman–Crippen MR) is 87.0 cm³/mol. The Kier molecular flexibility index (Phi) is 6.06. The van der Waals surface area contributed by atoms with Gasteiger partial charge in [0.2, 0.25) is 0 Å². The molecule has 0 radical (unpaired) electrons. The highest BCUT2D eigenvalue weighted by molar-refractivity contribution is 5.69. The monoisotopic (exact) mass is 292 g/mol. The van der Waals surface area contributed by atoms with Crippen LogP contribution in [0.1, 0.15) is 34.1 Å². The van der Waals surface area contributed by atoms with Crippen LogP contribution in [0.15, 0.2) is 36.1 Å². The maximum Gasteiger partial charge on any atom is 0.410 e. The highest BCUT2D eigenvalue weighted by Gasteiger charge is 2.36. The maximum absolute atomic E-state index is 12.0. The normalized spacial score (nSPS) is 17.3. The fraction of sp³-hybridized carbons (Fsp3) is 0.588. The van der Waals surface area contributed by atoms with E-state index in [-0.39, 0.29) is 6.09 Å². The first-order valence-corrected chi connectivity index (χ1v) is 7.49. The molecule has 0 aromatic carbocycles. The Labute approximate surface area is 128 Å². The minimum Gasteiger partial charge on any atom is -0.444 e. The highest BCUT2D eigenvalue weighted by atomic mass is 16.6. The van der Waals surface area contributed by atoms with Crippen LogP contribution < -0.4 is 5.32 Å². The van der Waals surface area contributed by atoms with Crippen LogP contribution in [-0.2, 0) is 4.74 Å². The van der Waals surface area contributed by atoms with E-state index in [4.69, 9.17) is 4.74 Å². The number of carbonyl (C=O) groups is 1. The predicted octanol–water partition coefficient (Wildman–Crippen LogP) is 3.48. The van der Waals surface area contributed by atoms with E-state index in [1.54, 1.807) is 4.90 Å². The summed E-state index contributed by atoms with van der Waals surface area (Å²) in [6, 6.07) is 0. The molecule has 1 N–H and O–H groups in total. The number of allylic oxidation sites excluding steroid dienone is 3. The largest absolute Gasteiger partial charge is 0.444 e. The molecule has 1 amide bonds. The zero-order valence-electron chi connectivity index (χ0n) is 13.9. The highest BCUT2D eigenvalue weighted by Crippen LogP contribution is 2.31. The van der Waals surface area contributed by atoms with E-state index in [1.165, 1.54) is 11.1 Å². The molecule has 1 aliphatic heterocycles. The van der Waals surface area contributed by atoms with Gasteiger partial charge in [0.15, 0.2) is 0 Å². The molecule has 0 aromatic rings. The lowest BCUT2D eigenvalue weighted by atomic mass is 9.85. The zero-order valence-corrected chi connectivity index (χ0v) is 13.9. The van der Waals surface area contributed by atoms with E-state index in [0.29, 0.717) is 19.0 Å². The molecule has 1 heterocycles. The van der Waals surface area contributed by atoms with E-state index in [2.05, 4.69) is 18.8 Å². The van der Waals surface area contributed by atoms with Gasteiger partial charge in [-0.2, -0.15) is 0 Å². The molecule has 0 spiro atoms. The number of amides is 1. The molecule has 21 heavy (non-hydrogen) atoms. The third kappa shape index (κ3) is 4.96. The van der Waals surface area contributed by atoms with Gasteiger partial charge in [0.1, 0.15) is 5.60 Å². The van der Waals surface area contributed by atoms with Gasteiger partial charge in [-0.15, -0.1) is 0 Å². The van der Waals surface area contributed by atoms with Gasteiger partial charge in [0.05, 0.1) is 0 Å². The average molecular weight is 292 g/mol. The maximum atomic E-state index is 12.0. The molecular weight excluding hydrogens is 264 g/mol. The van der Waals surface area contributed by atoms with Crippen molar-refractivity contribution in [2.24, 2.45) is 5.92 Å². The van der Waals surface area contributed by atoms with Crippen LogP contribution in [0.2, 0.25) is 0 Å². The number of nitrogens with zero attached hydrogens (tertiary/aromatic N) is 1. The molecule has 0 saturated carbocycles. The molecule has 1 fully saturated rings. The Bertz CT molecular complexity index is 438. The quantitative estimate of drug-likeness (QED) is 0.789. The Balaban J connectivity index is 2.68. The van der Waals surface area contributed by atoms with Gasteiger partial charge >= 0.3 is 6.09 Å². The molecular formula is C17H28N2O2. The number of likely N-dealkylation sites (tertiary alicyclic amines) is 1. The Morgan fingerprint density at radius 1 is 1.43 bits per heavy atom. The second-order valence-electron chi connectivity index (χ2n) is 6.25. The molecule has 0 bridgehead atoms. The van der Waals surface area contributed by atoms with E-state index < -0.39 is 5.60 Å². The van der Waals surface area contributed by atoms with Crippen molar-refractivity contribution < 1.29 is 9.53 Å². The topological polar surface area (TPSA) is 41.6 Å². The van der Waals surface area contributed by atoms with Crippen molar-refractivity contribution in [3.63, 3.8) is 0 Å². The van der Waals surface area contributed by atoms with Gasteiger partial charge in [0, 0.05) is 26.1 Å². The lowest BCUT2D eigenvalue weighted by molar-refractivity contribution is 0.00388. The van der Waals surface area contributed by atoms with Crippen molar-refractivity contribution in [1.82, 2.24) is 10.2 Å². The molecule has 1 rings (SSSR count). The molecule has 4 nitrogen and oxygen atoms in total. The van der Waals surface area contributed by atoms with Crippen molar-refractivity contribution in [2.45, 2.75) is 39.7 Å². The minimum atomic E-state index is -0.442. The molecule has 4 heteroatoms. The summed E-state index contributed by atoms with van der Waals surface area (Å²) in [7, 11) is 1.90. The summed E-state index contributed by atoms with van der Waals surface area (Å²) in [6.07, 6.45) is 6.59. The van der Waals surface area contributed by atoms with Crippen LogP contribution >= 0.6 is 0 Å². The molecule has 1 saturated heterocycles. The summed E-state index contributed by atoms with van der Waals surface area (Å²) < 4.78 is 5.38. The van der Waals surface area contributed by atoms with Gasteiger partial charge in [-0.05, 0) is 44.5 Å². The second-order valence-corrected chi connectivity index (χ2v) is 6.25. The summed E-state index contributed by atoms with van der Waals surface area (Å²) >= 11 is 0. The van der Waals surface area contributed by atoms with E-state index >= 15 is 0 Å². The number of carbonyl (C=O) groups excluding carboxylic acids is 1. The number of nitrogens with one attached hydrogen (secondary N) is 1. The van der Waals surface area contributed by atoms with Crippen LogP contribution in [0.25, 0.3) is 0 Å². The van der Waals surface area contributed by atoms with Crippen molar-refractivity contribution in [3.8, 4) is 0 Å². The second kappa shape index (κ2) is 7.34. The molecule has 118 valence electrons. The lowest BCUT2D eigenvalue weighted by Crippen LogP contribution is -2.52. The SMILES string of the molecule is C=C/C=C(\C(=C\NC)CC)C1CN(C(=O)OC(C)(C)C)C1. The molecule has 0 aromatic heterocycles. The number of rotatable bonds is 5. The van der Waals surface area contributed by atoms with Crippen LogP contribution in [0.3, 0.4) is 0 Å². The van der Waals surface area contributed by atoms with Crippen LogP contribution in [-0.4, -0.2) is 36.7 Å². The first kappa shape index (κ1) is 17.3. The molecule has 0 atom stereocenters. The van der Waals surface area contributed by atoms with Gasteiger partial charge in [0.25, 0.3) is 0 Å². The Morgan fingerprint density at radius 3 is 2.48 bits per heavy atom. The zero-order chi connectivity index (χ0) is 16.0. The fourth-order valence-corrected chi connectivity index (χ4v) is 2.35. The third-order valence-corrected chi connectivity index (χ3v) is 3.34. The Morgan fingerprint density at radius 2 is 2.05 bits per heavy atom. The lowest BCUT2D eigenvalue weighted by Gasteiger charge is -2.41. The third-order valence-electron chi connectivity index (χ3n) is 3.34. The summed E-state index contributed by atoms with van der Waals surface area (Å²) in [5.74, 6) is 0.357. The van der Waals surface area contributed by atoms with Crippen LogP contribution in [0.5, 0.6) is 0 Å². The summed E-state index contributed by atoms with van der Waals surface area (Å²) in [5, 5.41) is 3.08. The number of ether oxygens (including phenoxy) is 1. The standard InChI is InChI=1S/C17H28N2O2/c1-7-9-15(13(8-2)10-18-6)14-11-19(12-14)16(20)21-17(3,4)5/h7,9-10,14,18H,1,8,11-12H2,2-6H3/b13-10+,15-9+. The summed E-state index contributed by atoms with van der Waals surface area (Å²) in [5.41, 5.74) is 2.07. The van der Waals surface area contributed by atoms with Gasteiger partial charge in [-0.25, -0.2) is 4.79 Å².